The average Bonchev–Trinajstić information content (AvgIpc) is 3.25. The van der Waals surface area contributed by atoms with E-state index in [1.807, 2.05) is 34.9 Å². The standard InChI is InChI=1S/C20H25N5O2S/c1-13(18(26)22-19(27)21-15-7-5-6-8-15)28-20-24-23-17(14-11-12-14)25(20)16-9-3-2-4-10-16/h2-4,9-10,13-15H,5-8,11-12H2,1H3,(H2,21,22,26,27)/t13-/m1/s1. The second-order valence-corrected chi connectivity index (χ2v) is 8.80. The van der Waals surface area contributed by atoms with Gasteiger partial charge in [0.05, 0.1) is 5.25 Å². The molecule has 0 saturated heterocycles. The number of benzene rings is 1. The van der Waals surface area contributed by atoms with Crippen LogP contribution in [0.3, 0.4) is 0 Å². The Morgan fingerprint density at radius 3 is 2.50 bits per heavy atom. The number of aromatic nitrogens is 3. The lowest BCUT2D eigenvalue weighted by atomic mass is 10.2. The van der Waals surface area contributed by atoms with Crippen molar-refractivity contribution in [2.45, 2.75) is 67.8 Å². The van der Waals surface area contributed by atoms with E-state index in [1.54, 1.807) is 6.92 Å². The lowest BCUT2D eigenvalue weighted by Crippen LogP contribution is -2.45. The fourth-order valence-corrected chi connectivity index (χ4v) is 4.37. The van der Waals surface area contributed by atoms with Crippen molar-refractivity contribution < 1.29 is 9.59 Å². The average molecular weight is 400 g/mol. The number of thioether (sulfide) groups is 1. The smallest absolute Gasteiger partial charge is 0.321 e. The predicted octanol–water partition coefficient (Wildman–Crippen LogP) is 3.39. The summed E-state index contributed by atoms with van der Waals surface area (Å²) in [5.41, 5.74) is 0.989. The van der Waals surface area contributed by atoms with Crippen LogP contribution in [0.15, 0.2) is 35.5 Å². The number of hydrogen-bond acceptors (Lipinski definition) is 5. The molecular formula is C20H25N5O2S. The first-order valence-electron chi connectivity index (χ1n) is 9.90. The van der Waals surface area contributed by atoms with Gasteiger partial charge in [0.25, 0.3) is 0 Å². The van der Waals surface area contributed by atoms with Gasteiger partial charge in [-0.05, 0) is 44.7 Å². The predicted molar refractivity (Wildman–Crippen MR) is 108 cm³/mol. The molecule has 7 nitrogen and oxygen atoms in total. The normalized spacial score (nSPS) is 18.0. The molecule has 1 atom stereocenters. The number of nitrogens with zero attached hydrogens (tertiary/aromatic N) is 3. The number of urea groups is 1. The van der Waals surface area contributed by atoms with Gasteiger partial charge in [0.2, 0.25) is 5.91 Å². The molecule has 0 spiro atoms. The fraction of sp³-hybridized carbons (Fsp3) is 0.500. The van der Waals surface area contributed by atoms with Crippen molar-refractivity contribution >= 4 is 23.7 Å². The van der Waals surface area contributed by atoms with Gasteiger partial charge in [0.1, 0.15) is 5.82 Å². The van der Waals surface area contributed by atoms with E-state index in [-0.39, 0.29) is 11.9 Å². The summed E-state index contributed by atoms with van der Waals surface area (Å²) in [6.07, 6.45) is 6.46. The molecule has 3 amide bonds. The third-order valence-corrected chi connectivity index (χ3v) is 6.24. The summed E-state index contributed by atoms with van der Waals surface area (Å²) in [7, 11) is 0. The van der Waals surface area contributed by atoms with E-state index < -0.39 is 11.3 Å². The van der Waals surface area contributed by atoms with Crippen molar-refractivity contribution in [3.63, 3.8) is 0 Å². The van der Waals surface area contributed by atoms with Crippen molar-refractivity contribution in [2.24, 2.45) is 0 Å². The first-order valence-corrected chi connectivity index (χ1v) is 10.8. The van der Waals surface area contributed by atoms with Gasteiger partial charge < -0.3 is 5.32 Å². The van der Waals surface area contributed by atoms with Gasteiger partial charge in [0.15, 0.2) is 5.16 Å². The van der Waals surface area contributed by atoms with Gasteiger partial charge in [-0.15, -0.1) is 10.2 Å². The van der Waals surface area contributed by atoms with E-state index in [4.69, 9.17) is 0 Å². The lowest BCUT2D eigenvalue weighted by Gasteiger charge is -2.15. The third kappa shape index (κ3) is 4.38. The van der Waals surface area contributed by atoms with Gasteiger partial charge in [-0.2, -0.15) is 0 Å². The van der Waals surface area contributed by atoms with Crippen LogP contribution in [0, 0.1) is 0 Å². The van der Waals surface area contributed by atoms with Gasteiger partial charge in [-0.1, -0.05) is 42.8 Å². The Morgan fingerprint density at radius 1 is 1.11 bits per heavy atom. The van der Waals surface area contributed by atoms with E-state index in [0.717, 1.165) is 50.0 Å². The van der Waals surface area contributed by atoms with E-state index in [2.05, 4.69) is 20.8 Å². The number of carbonyl (C=O) groups is 2. The maximum absolute atomic E-state index is 12.5. The third-order valence-electron chi connectivity index (χ3n) is 5.19. The van der Waals surface area contributed by atoms with Crippen LogP contribution < -0.4 is 10.6 Å². The SMILES string of the molecule is C[C@@H](Sc1nnc(C2CC2)n1-c1ccccc1)C(=O)NC(=O)NC1CCCC1. The molecule has 2 aromatic rings. The molecule has 2 N–H and O–H groups in total. The molecule has 2 aliphatic carbocycles. The Hall–Kier alpha value is -2.35. The first-order chi connectivity index (χ1) is 13.6. The van der Waals surface area contributed by atoms with E-state index in [0.29, 0.717) is 11.1 Å². The molecule has 8 heteroatoms. The van der Waals surface area contributed by atoms with Crippen LogP contribution in [0.25, 0.3) is 5.69 Å². The van der Waals surface area contributed by atoms with Crippen LogP contribution in [0.5, 0.6) is 0 Å². The number of imide groups is 1. The summed E-state index contributed by atoms with van der Waals surface area (Å²) in [4.78, 5) is 24.6. The van der Waals surface area contributed by atoms with Crippen LogP contribution >= 0.6 is 11.8 Å². The zero-order valence-corrected chi connectivity index (χ0v) is 16.7. The molecular weight excluding hydrogens is 374 g/mol. The summed E-state index contributed by atoms with van der Waals surface area (Å²) in [6.45, 7) is 1.78. The van der Waals surface area contributed by atoms with E-state index in [9.17, 15) is 9.59 Å². The summed E-state index contributed by atoms with van der Waals surface area (Å²) < 4.78 is 2.03. The number of hydrogen-bond donors (Lipinski definition) is 2. The van der Waals surface area contributed by atoms with Crippen molar-refractivity contribution in [2.75, 3.05) is 0 Å². The molecule has 148 valence electrons. The first kappa shape index (κ1) is 19.0. The molecule has 1 aromatic carbocycles. The topological polar surface area (TPSA) is 88.9 Å². The Kier molecular flexibility index (Phi) is 5.66. The van der Waals surface area contributed by atoms with Crippen LogP contribution in [0.2, 0.25) is 0 Å². The molecule has 1 heterocycles. The number of nitrogens with one attached hydrogen (secondary N) is 2. The van der Waals surface area contributed by atoms with Crippen molar-refractivity contribution in [3.8, 4) is 5.69 Å². The molecule has 2 aliphatic rings. The Balaban J connectivity index is 1.43. The number of amides is 3. The van der Waals surface area contributed by atoms with Crippen LogP contribution in [-0.4, -0.2) is 38.0 Å². The highest BCUT2D eigenvalue weighted by atomic mass is 32.2. The maximum atomic E-state index is 12.5. The minimum atomic E-state index is -0.465. The minimum Gasteiger partial charge on any atom is -0.335 e. The van der Waals surface area contributed by atoms with Gasteiger partial charge >= 0.3 is 6.03 Å². The van der Waals surface area contributed by atoms with E-state index >= 15 is 0 Å². The summed E-state index contributed by atoms with van der Waals surface area (Å²) >= 11 is 1.32. The number of carbonyl (C=O) groups excluding carboxylic acids is 2. The van der Waals surface area contributed by atoms with Crippen LogP contribution in [0.1, 0.15) is 57.2 Å². The maximum Gasteiger partial charge on any atom is 0.321 e. The molecule has 0 radical (unpaired) electrons. The Morgan fingerprint density at radius 2 is 1.82 bits per heavy atom. The monoisotopic (exact) mass is 399 g/mol. The molecule has 0 bridgehead atoms. The van der Waals surface area contributed by atoms with Gasteiger partial charge in [0, 0.05) is 17.6 Å². The Labute approximate surface area is 168 Å². The van der Waals surface area contributed by atoms with Gasteiger partial charge in [-0.3, -0.25) is 14.7 Å². The van der Waals surface area contributed by atoms with Crippen molar-refractivity contribution in [3.05, 3.63) is 36.2 Å². The quantitative estimate of drug-likeness (QED) is 0.727. The number of para-hydroxylation sites is 1. The largest absolute Gasteiger partial charge is 0.335 e. The van der Waals surface area contributed by atoms with Crippen LogP contribution in [0.4, 0.5) is 4.79 Å². The van der Waals surface area contributed by atoms with Gasteiger partial charge in [-0.25, -0.2) is 4.79 Å². The molecule has 4 rings (SSSR count). The van der Waals surface area contributed by atoms with Crippen molar-refractivity contribution in [1.82, 2.24) is 25.4 Å². The molecule has 2 saturated carbocycles. The second kappa shape index (κ2) is 8.34. The fourth-order valence-electron chi connectivity index (χ4n) is 3.50. The van der Waals surface area contributed by atoms with E-state index in [1.165, 1.54) is 11.8 Å². The zero-order chi connectivity index (χ0) is 19.5. The van der Waals surface area contributed by atoms with Crippen LogP contribution in [-0.2, 0) is 4.79 Å². The van der Waals surface area contributed by atoms with Crippen molar-refractivity contribution in [1.29, 1.82) is 0 Å². The highest BCUT2D eigenvalue weighted by Crippen LogP contribution is 2.41. The molecule has 0 aliphatic heterocycles. The molecule has 2 fully saturated rings. The number of rotatable bonds is 6. The molecule has 0 unspecified atom stereocenters. The molecule has 1 aromatic heterocycles. The highest BCUT2D eigenvalue weighted by molar-refractivity contribution is 8.00. The summed E-state index contributed by atoms with van der Waals surface area (Å²) in [5, 5.41) is 14.3. The second-order valence-electron chi connectivity index (χ2n) is 7.49. The Bertz CT molecular complexity index is 844. The summed E-state index contributed by atoms with van der Waals surface area (Å²) in [5.74, 6) is 1.06. The zero-order valence-electron chi connectivity index (χ0n) is 15.9. The minimum absolute atomic E-state index is 0.179. The molecule has 28 heavy (non-hydrogen) atoms. The highest BCUT2D eigenvalue weighted by Gasteiger charge is 2.32. The lowest BCUT2D eigenvalue weighted by molar-refractivity contribution is -0.119. The summed E-state index contributed by atoms with van der Waals surface area (Å²) in [6, 6.07) is 9.72.